The Labute approximate surface area is 226 Å². The first-order valence-corrected chi connectivity index (χ1v) is 13.2. The highest BCUT2D eigenvalue weighted by Gasteiger charge is 2.45. The average molecular weight is 535 g/mol. The average Bonchev–Trinajstić information content (AvgIpc) is 3.38. The molecule has 38 heavy (non-hydrogen) atoms. The van der Waals surface area contributed by atoms with E-state index in [4.69, 9.17) is 16.3 Å². The lowest BCUT2D eigenvalue weighted by Crippen LogP contribution is -2.38. The molecule has 5 rings (SSSR count). The molecule has 1 aromatic heterocycles. The summed E-state index contributed by atoms with van der Waals surface area (Å²) in [6, 6.07) is 13.7. The van der Waals surface area contributed by atoms with Gasteiger partial charge in [0, 0.05) is 23.8 Å². The first-order chi connectivity index (χ1) is 18.2. The fourth-order valence-corrected chi connectivity index (χ4v) is 5.25. The van der Waals surface area contributed by atoms with Gasteiger partial charge in [-0.25, -0.2) is 9.58 Å². The molecule has 2 amide bonds. The molecule has 3 aromatic rings. The van der Waals surface area contributed by atoms with Crippen LogP contribution in [0.2, 0.25) is 5.02 Å². The molecule has 1 N–H and O–H groups in total. The van der Waals surface area contributed by atoms with Crippen LogP contribution in [0.15, 0.2) is 59.0 Å². The lowest BCUT2D eigenvalue weighted by Gasteiger charge is -2.32. The number of aromatic amines is 1. The molecule has 1 saturated heterocycles. The minimum Gasteiger partial charge on any atom is -0.497 e. The first kappa shape index (κ1) is 25.9. The molecule has 9 heteroatoms. The van der Waals surface area contributed by atoms with Gasteiger partial charge in [0.05, 0.1) is 29.6 Å². The summed E-state index contributed by atoms with van der Waals surface area (Å²) in [6.07, 6.45) is 1.81. The number of aromatic nitrogens is 2. The first-order valence-electron chi connectivity index (χ1n) is 12.8. The predicted octanol–water partition coefficient (Wildman–Crippen LogP) is 4.97. The van der Waals surface area contributed by atoms with E-state index in [1.807, 2.05) is 18.7 Å². The van der Waals surface area contributed by atoms with Crippen LogP contribution in [0, 0.1) is 5.92 Å². The summed E-state index contributed by atoms with van der Waals surface area (Å²) >= 11 is 6.07. The fraction of sp³-hybridized carbons (Fsp3) is 0.345. The number of likely N-dealkylation sites (tertiary alicyclic amines) is 1. The molecular weight excluding hydrogens is 504 g/mol. The maximum absolute atomic E-state index is 14.1. The van der Waals surface area contributed by atoms with Crippen molar-refractivity contribution < 1.29 is 14.3 Å². The van der Waals surface area contributed by atoms with Crippen molar-refractivity contribution in [3.05, 3.63) is 80.9 Å². The number of H-pyrrole nitrogens is 1. The third-order valence-electron chi connectivity index (χ3n) is 7.32. The van der Waals surface area contributed by atoms with Gasteiger partial charge in [-0.15, -0.1) is 0 Å². The predicted molar refractivity (Wildman–Crippen MR) is 148 cm³/mol. The van der Waals surface area contributed by atoms with Crippen LogP contribution in [0.1, 0.15) is 50.8 Å². The number of ether oxygens (including phenoxy) is 1. The zero-order chi connectivity index (χ0) is 27.1. The number of imide groups is 1. The third kappa shape index (κ3) is 4.43. The standard InChI is InChI=1S/C29H31ClN4O4/c1-17(2)25-23(28(36)34(31-25)21-7-5-19(30)6-8-21)24-26(32-15-13-18(3)14-16-32)29(37)33(27(24)35)20-9-11-22(38-4)12-10-20/h5-12,17-18,31H,13-16H2,1-4H3. The molecule has 0 spiro atoms. The molecule has 1 fully saturated rings. The van der Waals surface area contributed by atoms with E-state index in [-0.39, 0.29) is 22.6 Å². The molecular formula is C29H31ClN4O4. The van der Waals surface area contributed by atoms with E-state index < -0.39 is 11.8 Å². The van der Waals surface area contributed by atoms with Gasteiger partial charge in [-0.1, -0.05) is 32.4 Å². The van der Waals surface area contributed by atoms with Crippen molar-refractivity contribution in [2.45, 2.75) is 39.5 Å². The van der Waals surface area contributed by atoms with Crippen LogP contribution in [0.25, 0.3) is 11.3 Å². The molecule has 2 aliphatic heterocycles. The summed E-state index contributed by atoms with van der Waals surface area (Å²) in [6.45, 7) is 7.37. The van der Waals surface area contributed by atoms with Gasteiger partial charge in [-0.2, -0.15) is 0 Å². The van der Waals surface area contributed by atoms with Gasteiger partial charge in [-0.3, -0.25) is 19.5 Å². The Morgan fingerprint density at radius 3 is 2.11 bits per heavy atom. The van der Waals surface area contributed by atoms with Gasteiger partial charge in [0.2, 0.25) is 0 Å². The molecule has 0 saturated carbocycles. The van der Waals surface area contributed by atoms with Gasteiger partial charge in [-0.05, 0) is 73.2 Å². The number of piperidine rings is 1. The Hall–Kier alpha value is -3.78. The maximum atomic E-state index is 14.1. The molecule has 8 nitrogen and oxygen atoms in total. The fourth-order valence-electron chi connectivity index (χ4n) is 5.12. The van der Waals surface area contributed by atoms with Crippen LogP contribution in [-0.2, 0) is 9.59 Å². The Morgan fingerprint density at radius 1 is 0.921 bits per heavy atom. The largest absolute Gasteiger partial charge is 0.497 e. The summed E-state index contributed by atoms with van der Waals surface area (Å²) in [5, 5.41) is 3.76. The number of anilines is 1. The van der Waals surface area contributed by atoms with E-state index >= 15 is 0 Å². The van der Waals surface area contributed by atoms with Crippen molar-refractivity contribution in [3.63, 3.8) is 0 Å². The number of halogens is 1. The Bertz CT molecular complexity index is 1460. The summed E-state index contributed by atoms with van der Waals surface area (Å²) < 4.78 is 6.66. The van der Waals surface area contributed by atoms with Gasteiger partial charge in [0.15, 0.2) is 0 Å². The van der Waals surface area contributed by atoms with Crippen molar-refractivity contribution in [1.82, 2.24) is 14.7 Å². The normalized spacial score (nSPS) is 16.8. The number of amides is 2. The number of carbonyl (C=O) groups excluding carboxylic acids is 2. The molecule has 3 heterocycles. The van der Waals surface area contributed by atoms with Crippen LogP contribution >= 0.6 is 11.6 Å². The lowest BCUT2D eigenvalue weighted by atomic mass is 9.95. The number of rotatable bonds is 6. The number of benzene rings is 2. The zero-order valence-electron chi connectivity index (χ0n) is 22.0. The quantitative estimate of drug-likeness (QED) is 0.451. The van der Waals surface area contributed by atoms with Crippen LogP contribution in [-0.4, -0.2) is 46.7 Å². The minimum atomic E-state index is -0.505. The van der Waals surface area contributed by atoms with Crippen molar-refractivity contribution in [1.29, 1.82) is 0 Å². The van der Waals surface area contributed by atoms with E-state index in [9.17, 15) is 14.4 Å². The topological polar surface area (TPSA) is 87.6 Å². The van der Waals surface area contributed by atoms with E-state index in [1.54, 1.807) is 55.6 Å². The minimum absolute atomic E-state index is 0.112. The monoisotopic (exact) mass is 534 g/mol. The number of methoxy groups -OCH3 is 1. The number of carbonyl (C=O) groups is 2. The number of hydrogen-bond acceptors (Lipinski definition) is 5. The molecule has 198 valence electrons. The summed E-state index contributed by atoms with van der Waals surface area (Å²) in [5.74, 6) is 0.109. The van der Waals surface area contributed by atoms with Crippen LogP contribution in [0.3, 0.4) is 0 Å². The maximum Gasteiger partial charge on any atom is 0.282 e. The molecule has 0 atom stereocenters. The molecule has 0 radical (unpaired) electrons. The van der Waals surface area contributed by atoms with Crippen molar-refractivity contribution >= 4 is 34.7 Å². The lowest BCUT2D eigenvalue weighted by molar-refractivity contribution is -0.120. The molecule has 2 aliphatic rings. The Morgan fingerprint density at radius 2 is 1.53 bits per heavy atom. The van der Waals surface area contributed by atoms with E-state index in [2.05, 4.69) is 12.0 Å². The van der Waals surface area contributed by atoms with Gasteiger partial charge in [0.1, 0.15) is 11.4 Å². The second-order valence-electron chi connectivity index (χ2n) is 10.2. The highest BCUT2D eigenvalue weighted by Crippen LogP contribution is 2.38. The summed E-state index contributed by atoms with van der Waals surface area (Å²) in [5.41, 5.74) is 1.91. The highest BCUT2D eigenvalue weighted by atomic mass is 35.5. The zero-order valence-corrected chi connectivity index (χ0v) is 22.7. The summed E-state index contributed by atoms with van der Waals surface area (Å²) in [4.78, 5) is 45.2. The van der Waals surface area contributed by atoms with Crippen molar-refractivity contribution in [3.8, 4) is 11.4 Å². The highest BCUT2D eigenvalue weighted by molar-refractivity contribution is 6.45. The molecule has 0 bridgehead atoms. The van der Waals surface area contributed by atoms with Gasteiger partial charge < -0.3 is 9.64 Å². The molecule has 0 unspecified atom stereocenters. The van der Waals surface area contributed by atoms with Gasteiger partial charge in [0.25, 0.3) is 17.4 Å². The van der Waals surface area contributed by atoms with Crippen LogP contribution in [0.4, 0.5) is 5.69 Å². The Balaban J connectivity index is 1.70. The second-order valence-corrected chi connectivity index (χ2v) is 10.6. The molecule has 0 aliphatic carbocycles. The van der Waals surface area contributed by atoms with E-state index in [1.165, 1.54) is 9.58 Å². The SMILES string of the molecule is COc1ccc(N2C(=O)C(c3c(C(C)C)[nH]n(-c4ccc(Cl)cc4)c3=O)=C(N3CCC(C)CC3)C2=O)cc1. The van der Waals surface area contributed by atoms with E-state index in [0.717, 1.165) is 12.8 Å². The number of hydrogen-bond donors (Lipinski definition) is 1. The van der Waals surface area contributed by atoms with Gasteiger partial charge >= 0.3 is 0 Å². The Kier molecular flexibility index (Phi) is 6.92. The number of nitrogens with zero attached hydrogens (tertiary/aromatic N) is 3. The smallest absolute Gasteiger partial charge is 0.282 e. The molecule has 2 aromatic carbocycles. The third-order valence-corrected chi connectivity index (χ3v) is 7.57. The summed E-state index contributed by atoms with van der Waals surface area (Å²) in [7, 11) is 1.56. The van der Waals surface area contributed by atoms with Crippen molar-refractivity contribution in [2.75, 3.05) is 25.1 Å². The second kappa shape index (κ2) is 10.2. The van der Waals surface area contributed by atoms with Crippen molar-refractivity contribution in [2.24, 2.45) is 5.92 Å². The van der Waals surface area contributed by atoms with Crippen LogP contribution in [0.5, 0.6) is 5.75 Å². The van der Waals surface area contributed by atoms with Crippen LogP contribution < -0.4 is 15.2 Å². The number of nitrogens with one attached hydrogen (secondary N) is 1. The van der Waals surface area contributed by atoms with E-state index in [0.29, 0.717) is 52.5 Å².